The van der Waals surface area contributed by atoms with Gasteiger partial charge < -0.3 is 10.1 Å². The standard InChI is InChI=1S/C18H21N7O/c1-2-5-14(4-1)11-26-17-10-19-9-16(24-17)22-8-15-6-3-7-21-18(15)25-13-20-12-23-25/h3,6-7,9-10,12-14H,1-2,4-5,8,11H2,(H,22,24). The van der Waals surface area contributed by atoms with Crippen LogP contribution in [0.3, 0.4) is 0 Å². The lowest BCUT2D eigenvalue weighted by Crippen LogP contribution is -2.11. The summed E-state index contributed by atoms with van der Waals surface area (Å²) in [5.74, 6) is 2.61. The van der Waals surface area contributed by atoms with E-state index in [2.05, 4.69) is 30.4 Å². The van der Waals surface area contributed by atoms with Gasteiger partial charge in [-0.2, -0.15) is 10.1 Å². The molecule has 3 aromatic rings. The average Bonchev–Trinajstić information content (AvgIpc) is 3.39. The van der Waals surface area contributed by atoms with Crippen molar-refractivity contribution in [3.8, 4) is 11.7 Å². The van der Waals surface area contributed by atoms with Crippen LogP contribution in [0.15, 0.2) is 43.4 Å². The van der Waals surface area contributed by atoms with Crippen molar-refractivity contribution in [3.63, 3.8) is 0 Å². The van der Waals surface area contributed by atoms with Crippen molar-refractivity contribution in [2.45, 2.75) is 32.2 Å². The van der Waals surface area contributed by atoms with Crippen molar-refractivity contribution in [1.82, 2.24) is 29.7 Å². The molecular formula is C18H21N7O. The zero-order valence-corrected chi connectivity index (χ0v) is 14.5. The molecule has 0 bridgehead atoms. The monoisotopic (exact) mass is 351 g/mol. The minimum absolute atomic E-state index is 0.545. The lowest BCUT2D eigenvalue weighted by molar-refractivity contribution is 0.243. The fourth-order valence-corrected chi connectivity index (χ4v) is 3.16. The molecule has 26 heavy (non-hydrogen) atoms. The van der Waals surface area contributed by atoms with Crippen LogP contribution in [0.5, 0.6) is 5.88 Å². The maximum atomic E-state index is 5.82. The summed E-state index contributed by atoms with van der Waals surface area (Å²) in [6.07, 6.45) is 13.3. The first-order valence-corrected chi connectivity index (χ1v) is 8.86. The first-order valence-electron chi connectivity index (χ1n) is 8.86. The van der Waals surface area contributed by atoms with Crippen LogP contribution in [0.4, 0.5) is 5.82 Å². The van der Waals surface area contributed by atoms with Gasteiger partial charge in [0.1, 0.15) is 18.5 Å². The summed E-state index contributed by atoms with van der Waals surface area (Å²) in [5.41, 5.74) is 0.983. The minimum Gasteiger partial charge on any atom is -0.476 e. The number of rotatable bonds is 7. The molecule has 0 atom stereocenters. The maximum absolute atomic E-state index is 5.82. The summed E-state index contributed by atoms with van der Waals surface area (Å²) in [5, 5.41) is 7.42. The van der Waals surface area contributed by atoms with Gasteiger partial charge in [-0.15, -0.1) is 0 Å². The predicted octanol–water partition coefficient (Wildman–Crippen LogP) is 2.63. The fraction of sp³-hybridized carbons (Fsp3) is 0.389. The van der Waals surface area contributed by atoms with Crippen LogP contribution < -0.4 is 10.1 Å². The molecule has 8 nitrogen and oxygen atoms in total. The molecule has 0 spiro atoms. The number of ether oxygens (including phenoxy) is 1. The topological polar surface area (TPSA) is 90.6 Å². The molecule has 0 aromatic carbocycles. The fourth-order valence-electron chi connectivity index (χ4n) is 3.16. The third kappa shape index (κ3) is 3.96. The Bertz CT molecular complexity index is 831. The Morgan fingerprint density at radius 1 is 1.19 bits per heavy atom. The molecule has 0 saturated heterocycles. The molecule has 0 radical (unpaired) electrons. The Morgan fingerprint density at radius 2 is 2.12 bits per heavy atom. The molecule has 134 valence electrons. The number of hydrogen-bond acceptors (Lipinski definition) is 7. The molecule has 0 unspecified atom stereocenters. The molecule has 1 aliphatic carbocycles. The molecule has 1 N–H and O–H groups in total. The normalized spacial score (nSPS) is 14.5. The molecule has 1 aliphatic rings. The zero-order valence-electron chi connectivity index (χ0n) is 14.5. The van der Waals surface area contributed by atoms with Gasteiger partial charge in [0.15, 0.2) is 5.82 Å². The smallest absolute Gasteiger partial charge is 0.234 e. The van der Waals surface area contributed by atoms with E-state index in [1.165, 1.54) is 32.0 Å². The van der Waals surface area contributed by atoms with Gasteiger partial charge in [0.2, 0.25) is 5.88 Å². The van der Waals surface area contributed by atoms with Crippen molar-refractivity contribution in [1.29, 1.82) is 0 Å². The van der Waals surface area contributed by atoms with Crippen LogP contribution in [-0.4, -0.2) is 36.3 Å². The Kier molecular flexibility index (Phi) is 5.00. The Morgan fingerprint density at radius 3 is 2.96 bits per heavy atom. The van der Waals surface area contributed by atoms with Crippen LogP contribution in [0.1, 0.15) is 31.2 Å². The first-order chi connectivity index (χ1) is 12.9. The van der Waals surface area contributed by atoms with Gasteiger partial charge >= 0.3 is 0 Å². The molecule has 3 heterocycles. The van der Waals surface area contributed by atoms with Gasteiger partial charge in [-0.1, -0.05) is 18.9 Å². The van der Waals surface area contributed by atoms with Crippen molar-refractivity contribution >= 4 is 5.82 Å². The van der Waals surface area contributed by atoms with Crippen molar-refractivity contribution in [3.05, 3.63) is 48.9 Å². The summed E-state index contributed by atoms with van der Waals surface area (Å²) >= 11 is 0. The van der Waals surface area contributed by atoms with Gasteiger partial charge in [-0.05, 0) is 24.8 Å². The van der Waals surface area contributed by atoms with Gasteiger partial charge in [0, 0.05) is 18.3 Å². The molecular weight excluding hydrogens is 330 g/mol. The van der Waals surface area contributed by atoms with Gasteiger partial charge in [-0.25, -0.2) is 14.6 Å². The van der Waals surface area contributed by atoms with E-state index in [0.717, 1.165) is 18.0 Å². The maximum Gasteiger partial charge on any atom is 0.234 e. The summed E-state index contributed by atoms with van der Waals surface area (Å²) in [4.78, 5) is 17.1. The average molecular weight is 351 g/mol. The molecule has 0 aliphatic heterocycles. The van der Waals surface area contributed by atoms with E-state index in [9.17, 15) is 0 Å². The molecule has 8 heteroatoms. The van der Waals surface area contributed by atoms with Gasteiger partial charge in [0.05, 0.1) is 19.0 Å². The van der Waals surface area contributed by atoms with E-state index in [1.807, 2.05) is 12.1 Å². The molecule has 1 fully saturated rings. The minimum atomic E-state index is 0.545. The highest BCUT2D eigenvalue weighted by Gasteiger charge is 2.16. The van der Waals surface area contributed by atoms with Gasteiger partial charge in [0.25, 0.3) is 0 Å². The van der Waals surface area contributed by atoms with Crippen LogP contribution in [0.2, 0.25) is 0 Å². The van der Waals surface area contributed by atoms with E-state index in [4.69, 9.17) is 4.74 Å². The molecule has 1 saturated carbocycles. The lowest BCUT2D eigenvalue weighted by atomic mass is 10.1. The number of nitrogens with zero attached hydrogens (tertiary/aromatic N) is 6. The number of aromatic nitrogens is 6. The zero-order chi connectivity index (χ0) is 17.6. The third-order valence-corrected chi connectivity index (χ3v) is 4.52. The Hall–Kier alpha value is -3.03. The lowest BCUT2D eigenvalue weighted by Gasteiger charge is -2.12. The number of nitrogens with one attached hydrogen (secondary N) is 1. The Balaban J connectivity index is 1.40. The number of hydrogen-bond donors (Lipinski definition) is 1. The molecule has 0 amide bonds. The van der Waals surface area contributed by atoms with E-state index in [-0.39, 0.29) is 0 Å². The van der Waals surface area contributed by atoms with Crippen molar-refractivity contribution < 1.29 is 4.74 Å². The number of pyridine rings is 1. The van der Waals surface area contributed by atoms with Crippen molar-refractivity contribution in [2.75, 3.05) is 11.9 Å². The van der Waals surface area contributed by atoms with Crippen molar-refractivity contribution in [2.24, 2.45) is 5.92 Å². The van der Waals surface area contributed by atoms with E-state index < -0.39 is 0 Å². The largest absolute Gasteiger partial charge is 0.476 e. The highest BCUT2D eigenvalue weighted by molar-refractivity contribution is 5.39. The quantitative estimate of drug-likeness (QED) is 0.699. The predicted molar refractivity (Wildman–Crippen MR) is 96.0 cm³/mol. The highest BCUT2D eigenvalue weighted by Crippen LogP contribution is 2.25. The van der Waals surface area contributed by atoms with Crippen LogP contribution in [-0.2, 0) is 6.54 Å². The van der Waals surface area contributed by atoms with E-state index in [0.29, 0.717) is 24.2 Å². The second-order valence-electron chi connectivity index (χ2n) is 6.38. The SMILES string of the molecule is c1cnc(-n2cncn2)c(CNc2cncc(OCC3CCCC3)n2)c1. The summed E-state index contributed by atoms with van der Waals surface area (Å²) in [6, 6.07) is 3.88. The summed E-state index contributed by atoms with van der Waals surface area (Å²) in [7, 11) is 0. The molecule has 4 rings (SSSR count). The second-order valence-corrected chi connectivity index (χ2v) is 6.38. The summed E-state index contributed by atoms with van der Waals surface area (Å²) in [6.45, 7) is 1.26. The highest BCUT2D eigenvalue weighted by atomic mass is 16.5. The van der Waals surface area contributed by atoms with Gasteiger partial charge in [-0.3, -0.25) is 4.98 Å². The van der Waals surface area contributed by atoms with Crippen LogP contribution >= 0.6 is 0 Å². The van der Waals surface area contributed by atoms with E-state index in [1.54, 1.807) is 29.6 Å². The second kappa shape index (κ2) is 7.90. The molecule has 3 aromatic heterocycles. The van der Waals surface area contributed by atoms with E-state index >= 15 is 0 Å². The van der Waals surface area contributed by atoms with Crippen LogP contribution in [0, 0.1) is 5.92 Å². The number of anilines is 1. The summed E-state index contributed by atoms with van der Waals surface area (Å²) < 4.78 is 7.46. The Labute approximate surface area is 151 Å². The third-order valence-electron chi connectivity index (χ3n) is 4.52. The van der Waals surface area contributed by atoms with Crippen LogP contribution in [0.25, 0.3) is 5.82 Å². The first kappa shape index (κ1) is 16.4.